The van der Waals surface area contributed by atoms with E-state index in [0.29, 0.717) is 11.4 Å². The molecule has 1 N–H and O–H groups in total. The molecule has 0 saturated carbocycles. The molecule has 19 heavy (non-hydrogen) atoms. The fourth-order valence-electron chi connectivity index (χ4n) is 1.34. The van der Waals surface area contributed by atoms with E-state index in [2.05, 4.69) is 10.1 Å². The summed E-state index contributed by atoms with van der Waals surface area (Å²) in [6.07, 6.45) is 0.982. The van der Waals surface area contributed by atoms with Gasteiger partial charge in [-0.25, -0.2) is 4.79 Å². The Labute approximate surface area is 112 Å². The van der Waals surface area contributed by atoms with Crippen LogP contribution >= 0.6 is 0 Å². The van der Waals surface area contributed by atoms with Gasteiger partial charge in [0.1, 0.15) is 5.75 Å². The average Bonchev–Trinajstić information content (AvgIpc) is 2.39. The number of esters is 1. The summed E-state index contributed by atoms with van der Waals surface area (Å²) >= 11 is 0. The number of rotatable bonds is 5. The number of hydrogen-bond acceptors (Lipinski definition) is 4. The molecule has 0 radical (unpaired) electrons. The highest BCUT2D eigenvalue weighted by Crippen LogP contribution is 2.19. The molecule has 0 heterocycles. The van der Waals surface area contributed by atoms with Gasteiger partial charge in [0, 0.05) is 11.8 Å². The minimum atomic E-state index is -0.893. The second-order valence-electron chi connectivity index (χ2n) is 4.04. The molecular formula is C14H19NO4. The standard InChI is InChI=1S/C14H19NO4/c1-4-10(3)19-12-8-6-7-11(9-12)15-13(16)14(17)18-5-2/h6-10H,4-5H2,1-3H3,(H,15,16). The smallest absolute Gasteiger partial charge is 0.397 e. The molecule has 1 amide bonds. The van der Waals surface area contributed by atoms with Crippen molar-refractivity contribution in [2.24, 2.45) is 0 Å². The highest BCUT2D eigenvalue weighted by Gasteiger charge is 2.14. The van der Waals surface area contributed by atoms with E-state index in [4.69, 9.17) is 4.74 Å². The first kappa shape index (κ1) is 15.0. The normalized spacial score (nSPS) is 11.5. The Morgan fingerprint density at radius 2 is 2.05 bits per heavy atom. The molecule has 104 valence electrons. The van der Waals surface area contributed by atoms with E-state index in [0.717, 1.165) is 6.42 Å². The maximum absolute atomic E-state index is 11.5. The Kier molecular flexibility index (Phi) is 5.85. The molecule has 5 nitrogen and oxygen atoms in total. The molecule has 1 unspecified atom stereocenters. The molecule has 0 aromatic heterocycles. The summed E-state index contributed by atoms with van der Waals surface area (Å²) in [6, 6.07) is 6.90. The van der Waals surface area contributed by atoms with Gasteiger partial charge in [0.15, 0.2) is 0 Å². The fourth-order valence-corrected chi connectivity index (χ4v) is 1.34. The van der Waals surface area contributed by atoms with Crippen molar-refractivity contribution in [2.45, 2.75) is 33.3 Å². The van der Waals surface area contributed by atoms with Crippen LogP contribution in [0.3, 0.4) is 0 Å². The first-order valence-electron chi connectivity index (χ1n) is 6.31. The van der Waals surface area contributed by atoms with Gasteiger partial charge in [-0.3, -0.25) is 4.79 Å². The number of carbonyl (C=O) groups excluding carboxylic acids is 2. The van der Waals surface area contributed by atoms with Crippen molar-refractivity contribution in [1.82, 2.24) is 0 Å². The van der Waals surface area contributed by atoms with E-state index >= 15 is 0 Å². The zero-order valence-electron chi connectivity index (χ0n) is 11.4. The number of benzene rings is 1. The van der Waals surface area contributed by atoms with Gasteiger partial charge in [0.05, 0.1) is 12.7 Å². The van der Waals surface area contributed by atoms with Crippen LogP contribution in [0.25, 0.3) is 0 Å². The Morgan fingerprint density at radius 3 is 2.68 bits per heavy atom. The molecule has 0 saturated heterocycles. The van der Waals surface area contributed by atoms with Crippen molar-refractivity contribution in [2.75, 3.05) is 11.9 Å². The predicted octanol–water partition coefficient (Wildman–Crippen LogP) is 2.37. The van der Waals surface area contributed by atoms with E-state index < -0.39 is 11.9 Å². The minimum absolute atomic E-state index is 0.0935. The molecule has 0 spiro atoms. The van der Waals surface area contributed by atoms with Crippen molar-refractivity contribution < 1.29 is 19.1 Å². The Bertz CT molecular complexity index is 445. The summed E-state index contributed by atoms with van der Waals surface area (Å²) < 4.78 is 10.2. The summed E-state index contributed by atoms with van der Waals surface area (Å²) in [5.41, 5.74) is 0.499. The van der Waals surface area contributed by atoms with Crippen LogP contribution in [0.4, 0.5) is 5.69 Å². The monoisotopic (exact) mass is 265 g/mol. The number of anilines is 1. The van der Waals surface area contributed by atoms with Gasteiger partial charge in [-0.1, -0.05) is 13.0 Å². The Hall–Kier alpha value is -2.04. The summed E-state index contributed by atoms with van der Waals surface area (Å²) in [5, 5.41) is 2.46. The van der Waals surface area contributed by atoms with Crippen molar-refractivity contribution in [3.8, 4) is 5.75 Å². The third kappa shape index (κ3) is 4.99. The lowest BCUT2D eigenvalue weighted by molar-refractivity contribution is -0.152. The largest absolute Gasteiger partial charge is 0.491 e. The van der Waals surface area contributed by atoms with Crippen LogP contribution in [0.5, 0.6) is 5.75 Å². The number of carbonyl (C=O) groups is 2. The molecule has 1 aromatic carbocycles. The molecule has 1 atom stereocenters. The van der Waals surface area contributed by atoms with Crippen molar-refractivity contribution in [3.05, 3.63) is 24.3 Å². The van der Waals surface area contributed by atoms with Crippen molar-refractivity contribution in [1.29, 1.82) is 0 Å². The zero-order chi connectivity index (χ0) is 14.3. The van der Waals surface area contributed by atoms with Gasteiger partial charge in [-0.15, -0.1) is 0 Å². The van der Waals surface area contributed by atoms with E-state index in [1.165, 1.54) is 0 Å². The van der Waals surface area contributed by atoms with Gasteiger partial charge in [0.25, 0.3) is 0 Å². The maximum atomic E-state index is 11.5. The summed E-state index contributed by atoms with van der Waals surface area (Å²) in [6.45, 7) is 5.80. The Balaban J connectivity index is 2.66. The third-order valence-corrected chi connectivity index (χ3v) is 2.46. The summed E-state index contributed by atoms with van der Waals surface area (Å²) in [4.78, 5) is 22.7. The molecule has 0 aliphatic heterocycles. The summed E-state index contributed by atoms with van der Waals surface area (Å²) in [5.74, 6) is -1.03. The van der Waals surface area contributed by atoms with Gasteiger partial charge < -0.3 is 14.8 Å². The Morgan fingerprint density at radius 1 is 1.32 bits per heavy atom. The van der Waals surface area contributed by atoms with Gasteiger partial charge in [-0.05, 0) is 32.4 Å². The van der Waals surface area contributed by atoms with Crippen LogP contribution in [-0.4, -0.2) is 24.6 Å². The van der Waals surface area contributed by atoms with Crippen LogP contribution < -0.4 is 10.1 Å². The SMILES string of the molecule is CCOC(=O)C(=O)Nc1cccc(OC(C)CC)c1. The highest BCUT2D eigenvalue weighted by atomic mass is 16.5. The van der Waals surface area contributed by atoms with Crippen molar-refractivity contribution >= 4 is 17.6 Å². The second kappa shape index (κ2) is 7.41. The quantitative estimate of drug-likeness (QED) is 0.655. The lowest BCUT2D eigenvalue weighted by Gasteiger charge is -2.13. The van der Waals surface area contributed by atoms with E-state index in [1.807, 2.05) is 13.8 Å². The van der Waals surface area contributed by atoms with Crippen molar-refractivity contribution in [3.63, 3.8) is 0 Å². The first-order valence-corrected chi connectivity index (χ1v) is 6.31. The second-order valence-corrected chi connectivity index (χ2v) is 4.04. The predicted molar refractivity (Wildman–Crippen MR) is 72.1 cm³/mol. The number of nitrogens with one attached hydrogen (secondary N) is 1. The third-order valence-electron chi connectivity index (χ3n) is 2.46. The highest BCUT2D eigenvalue weighted by molar-refractivity contribution is 6.37. The van der Waals surface area contributed by atoms with Gasteiger partial charge >= 0.3 is 11.9 Å². The van der Waals surface area contributed by atoms with Crippen LogP contribution in [0.15, 0.2) is 24.3 Å². The number of amides is 1. The first-order chi connectivity index (χ1) is 9.06. The molecule has 0 bridgehead atoms. The molecule has 1 aromatic rings. The van der Waals surface area contributed by atoms with Gasteiger partial charge in [-0.2, -0.15) is 0 Å². The minimum Gasteiger partial charge on any atom is -0.491 e. The van der Waals surface area contributed by atoms with E-state index in [9.17, 15) is 9.59 Å². The van der Waals surface area contributed by atoms with E-state index in [-0.39, 0.29) is 12.7 Å². The van der Waals surface area contributed by atoms with E-state index in [1.54, 1.807) is 31.2 Å². The fraction of sp³-hybridized carbons (Fsp3) is 0.429. The summed E-state index contributed by atoms with van der Waals surface area (Å²) in [7, 11) is 0. The van der Waals surface area contributed by atoms with Crippen LogP contribution in [0, 0.1) is 0 Å². The number of hydrogen-bond donors (Lipinski definition) is 1. The zero-order valence-corrected chi connectivity index (χ0v) is 11.4. The molecule has 1 rings (SSSR count). The average molecular weight is 265 g/mol. The lowest BCUT2D eigenvalue weighted by atomic mass is 10.2. The topological polar surface area (TPSA) is 64.6 Å². The molecule has 0 fully saturated rings. The molecule has 5 heteroatoms. The van der Waals surface area contributed by atoms with Crippen LogP contribution in [0.2, 0.25) is 0 Å². The van der Waals surface area contributed by atoms with Crippen LogP contribution in [0.1, 0.15) is 27.2 Å². The number of ether oxygens (including phenoxy) is 2. The molecule has 0 aliphatic rings. The molecule has 0 aliphatic carbocycles. The maximum Gasteiger partial charge on any atom is 0.397 e. The molecular weight excluding hydrogens is 246 g/mol. The van der Waals surface area contributed by atoms with Crippen LogP contribution in [-0.2, 0) is 14.3 Å². The van der Waals surface area contributed by atoms with Gasteiger partial charge in [0.2, 0.25) is 0 Å². The lowest BCUT2D eigenvalue weighted by Crippen LogP contribution is -2.25.